The van der Waals surface area contributed by atoms with Gasteiger partial charge in [0.15, 0.2) is 0 Å². The largest absolute Gasteiger partial charge is 0.330 e. The lowest BCUT2D eigenvalue weighted by atomic mass is 10.1. The Labute approximate surface area is 76.6 Å². The first-order chi connectivity index (χ1) is 6.19. The summed E-state index contributed by atoms with van der Waals surface area (Å²) in [4.78, 5) is 0. The number of halogens is 2. The fourth-order valence-electron chi connectivity index (χ4n) is 1.26. The zero-order valence-electron chi connectivity index (χ0n) is 7.61. The molecule has 0 saturated carbocycles. The SMILES string of the molecule is CCc1cc(CCN)c(F)cc1F. The number of nitrogens with two attached hydrogens (primary N) is 1. The van der Waals surface area contributed by atoms with Crippen molar-refractivity contribution in [1.29, 1.82) is 0 Å². The first-order valence-corrected chi connectivity index (χ1v) is 4.36. The average molecular weight is 185 g/mol. The first kappa shape index (κ1) is 10.1. The summed E-state index contributed by atoms with van der Waals surface area (Å²) in [7, 11) is 0. The van der Waals surface area contributed by atoms with Crippen molar-refractivity contribution in [2.24, 2.45) is 5.73 Å². The van der Waals surface area contributed by atoms with E-state index < -0.39 is 11.6 Å². The van der Waals surface area contributed by atoms with Gasteiger partial charge in [-0.2, -0.15) is 0 Å². The maximum absolute atomic E-state index is 13.1. The lowest BCUT2D eigenvalue weighted by Gasteiger charge is -2.05. The smallest absolute Gasteiger partial charge is 0.129 e. The van der Waals surface area contributed by atoms with Gasteiger partial charge in [-0.1, -0.05) is 6.92 Å². The normalized spacial score (nSPS) is 10.5. The number of benzene rings is 1. The van der Waals surface area contributed by atoms with E-state index in [4.69, 9.17) is 5.73 Å². The molecule has 0 aliphatic heterocycles. The van der Waals surface area contributed by atoms with Gasteiger partial charge in [0.05, 0.1) is 0 Å². The molecule has 0 saturated heterocycles. The van der Waals surface area contributed by atoms with Crippen LogP contribution in [0, 0.1) is 11.6 Å². The van der Waals surface area contributed by atoms with E-state index in [-0.39, 0.29) is 0 Å². The summed E-state index contributed by atoms with van der Waals surface area (Å²) in [5, 5.41) is 0. The second kappa shape index (κ2) is 4.33. The summed E-state index contributed by atoms with van der Waals surface area (Å²) in [5.74, 6) is -0.971. The van der Waals surface area contributed by atoms with E-state index in [1.807, 2.05) is 6.92 Å². The molecule has 0 spiro atoms. The molecule has 0 heterocycles. The van der Waals surface area contributed by atoms with Crippen LogP contribution in [0.15, 0.2) is 12.1 Å². The van der Waals surface area contributed by atoms with Crippen LogP contribution in [0.5, 0.6) is 0 Å². The Balaban J connectivity index is 3.06. The van der Waals surface area contributed by atoms with Gasteiger partial charge in [-0.05, 0) is 36.6 Å². The monoisotopic (exact) mass is 185 g/mol. The van der Waals surface area contributed by atoms with Gasteiger partial charge in [0, 0.05) is 6.07 Å². The minimum atomic E-state index is -0.500. The van der Waals surface area contributed by atoms with Gasteiger partial charge in [0.2, 0.25) is 0 Å². The van der Waals surface area contributed by atoms with Crippen LogP contribution in [-0.2, 0) is 12.8 Å². The predicted octanol–water partition coefficient (Wildman–Crippen LogP) is 2.03. The summed E-state index contributed by atoms with van der Waals surface area (Å²) >= 11 is 0. The standard InChI is InChI=1S/C10H13F2N/c1-2-7-5-8(3-4-13)10(12)6-9(7)11/h5-6H,2-4,13H2,1H3. The van der Waals surface area contributed by atoms with Crippen LogP contribution in [0.2, 0.25) is 0 Å². The summed E-state index contributed by atoms with van der Waals surface area (Å²) < 4.78 is 26.1. The molecule has 0 aromatic heterocycles. The zero-order valence-corrected chi connectivity index (χ0v) is 7.61. The third-order valence-corrected chi connectivity index (χ3v) is 2.01. The van der Waals surface area contributed by atoms with Crippen molar-refractivity contribution in [3.05, 3.63) is 34.9 Å². The highest BCUT2D eigenvalue weighted by Crippen LogP contribution is 2.15. The zero-order chi connectivity index (χ0) is 9.84. The number of aryl methyl sites for hydroxylation is 1. The minimum Gasteiger partial charge on any atom is -0.330 e. The summed E-state index contributed by atoms with van der Waals surface area (Å²) in [6.45, 7) is 2.22. The molecule has 3 heteroatoms. The van der Waals surface area contributed by atoms with Gasteiger partial charge in [-0.25, -0.2) is 8.78 Å². The Morgan fingerprint density at radius 2 is 1.77 bits per heavy atom. The molecule has 0 amide bonds. The van der Waals surface area contributed by atoms with Gasteiger partial charge < -0.3 is 5.73 Å². The lowest BCUT2D eigenvalue weighted by molar-refractivity contribution is 0.563. The van der Waals surface area contributed by atoms with Crippen LogP contribution in [0.1, 0.15) is 18.1 Å². The van der Waals surface area contributed by atoms with Gasteiger partial charge in [-0.15, -0.1) is 0 Å². The van der Waals surface area contributed by atoms with E-state index in [2.05, 4.69) is 0 Å². The third kappa shape index (κ3) is 2.25. The molecule has 0 aliphatic rings. The Hall–Kier alpha value is -0.960. The van der Waals surface area contributed by atoms with Crippen molar-refractivity contribution in [2.75, 3.05) is 6.54 Å². The molecule has 0 unspecified atom stereocenters. The molecule has 0 fully saturated rings. The maximum atomic E-state index is 13.1. The van der Waals surface area contributed by atoms with E-state index in [0.717, 1.165) is 6.07 Å². The van der Waals surface area contributed by atoms with E-state index in [1.165, 1.54) is 0 Å². The molecule has 72 valence electrons. The number of hydrogen-bond acceptors (Lipinski definition) is 1. The van der Waals surface area contributed by atoms with Crippen LogP contribution >= 0.6 is 0 Å². The van der Waals surface area contributed by atoms with E-state index in [9.17, 15) is 8.78 Å². The Morgan fingerprint density at radius 3 is 2.31 bits per heavy atom. The molecule has 1 rings (SSSR count). The van der Waals surface area contributed by atoms with Gasteiger partial charge in [-0.3, -0.25) is 0 Å². The molecule has 1 aromatic carbocycles. The van der Waals surface area contributed by atoms with Crippen LogP contribution in [0.3, 0.4) is 0 Å². The Morgan fingerprint density at radius 1 is 1.15 bits per heavy atom. The van der Waals surface area contributed by atoms with Crippen molar-refractivity contribution in [2.45, 2.75) is 19.8 Å². The molecular formula is C10H13F2N. The van der Waals surface area contributed by atoms with Crippen molar-refractivity contribution >= 4 is 0 Å². The van der Waals surface area contributed by atoms with Crippen molar-refractivity contribution in [3.8, 4) is 0 Å². The molecule has 13 heavy (non-hydrogen) atoms. The number of hydrogen-bond donors (Lipinski definition) is 1. The van der Waals surface area contributed by atoms with Crippen LogP contribution in [-0.4, -0.2) is 6.54 Å². The second-order valence-electron chi connectivity index (χ2n) is 2.93. The van der Waals surface area contributed by atoms with Crippen molar-refractivity contribution in [1.82, 2.24) is 0 Å². The topological polar surface area (TPSA) is 26.0 Å². The van der Waals surface area contributed by atoms with E-state index >= 15 is 0 Å². The molecule has 0 bridgehead atoms. The minimum absolute atomic E-state index is 0.381. The average Bonchev–Trinajstić information content (AvgIpc) is 2.10. The van der Waals surface area contributed by atoms with Crippen LogP contribution < -0.4 is 5.73 Å². The molecule has 1 aromatic rings. The maximum Gasteiger partial charge on any atom is 0.129 e. The first-order valence-electron chi connectivity index (χ1n) is 4.36. The quantitative estimate of drug-likeness (QED) is 0.766. The van der Waals surface area contributed by atoms with Gasteiger partial charge in [0.25, 0.3) is 0 Å². The molecule has 0 aliphatic carbocycles. The van der Waals surface area contributed by atoms with Gasteiger partial charge in [0.1, 0.15) is 11.6 Å². The van der Waals surface area contributed by atoms with Crippen molar-refractivity contribution in [3.63, 3.8) is 0 Å². The third-order valence-electron chi connectivity index (χ3n) is 2.01. The van der Waals surface area contributed by atoms with E-state index in [1.54, 1.807) is 6.07 Å². The summed E-state index contributed by atoms with van der Waals surface area (Å²) in [5.41, 5.74) is 6.35. The molecule has 0 atom stereocenters. The highest BCUT2D eigenvalue weighted by molar-refractivity contribution is 5.26. The van der Waals surface area contributed by atoms with Crippen LogP contribution in [0.25, 0.3) is 0 Å². The predicted molar refractivity (Wildman–Crippen MR) is 48.5 cm³/mol. The van der Waals surface area contributed by atoms with E-state index in [0.29, 0.717) is 30.5 Å². The van der Waals surface area contributed by atoms with Crippen molar-refractivity contribution < 1.29 is 8.78 Å². The molecule has 2 N–H and O–H groups in total. The summed E-state index contributed by atoms with van der Waals surface area (Å²) in [6.07, 6.45) is 1.03. The van der Waals surface area contributed by atoms with Gasteiger partial charge >= 0.3 is 0 Å². The fraction of sp³-hybridized carbons (Fsp3) is 0.400. The number of rotatable bonds is 3. The second-order valence-corrected chi connectivity index (χ2v) is 2.93. The Kier molecular flexibility index (Phi) is 3.37. The summed E-state index contributed by atoms with van der Waals surface area (Å²) in [6, 6.07) is 2.49. The highest BCUT2D eigenvalue weighted by Gasteiger charge is 2.07. The van der Waals surface area contributed by atoms with Crippen LogP contribution in [0.4, 0.5) is 8.78 Å². The highest BCUT2D eigenvalue weighted by atomic mass is 19.1. The molecule has 1 nitrogen and oxygen atoms in total. The Bertz CT molecular complexity index is 297. The fourth-order valence-corrected chi connectivity index (χ4v) is 1.26. The molecule has 0 radical (unpaired) electrons. The lowest BCUT2D eigenvalue weighted by Crippen LogP contribution is -2.06. The molecular weight excluding hydrogens is 172 g/mol.